The average Bonchev–Trinajstić information content (AvgIpc) is 2.85. The molecule has 0 aliphatic carbocycles. The lowest BCUT2D eigenvalue weighted by atomic mass is 10.2. The summed E-state index contributed by atoms with van der Waals surface area (Å²) in [5.74, 6) is 0.193. The third kappa shape index (κ3) is 2.43. The predicted molar refractivity (Wildman–Crippen MR) is 81.3 cm³/mol. The van der Waals surface area contributed by atoms with Gasteiger partial charge < -0.3 is 11.1 Å². The number of nitrogens with one attached hydrogen (secondary N) is 1. The molecule has 2 aromatic heterocycles. The number of aromatic nitrogens is 3. The molecule has 0 fully saturated rings. The van der Waals surface area contributed by atoms with Gasteiger partial charge in [-0.2, -0.15) is 9.61 Å². The van der Waals surface area contributed by atoms with Gasteiger partial charge in [0, 0.05) is 17.4 Å². The van der Waals surface area contributed by atoms with E-state index in [-0.39, 0.29) is 5.91 Å². The number of hydrogen-bond donors (Lipinski definition) is 2. The quantitative estimate of drug-likeness (QED) is 0.754. The van der Waals surface area contributed by atoms with Gasteiger partial charge in [0.2, 0.25) is 0 Å². The molecular weight excluding hydrogens is 266 g/mol. The molecule has 0 aliphatic rings. The van der Waals surface area contributed by atoms with Crippen molar-refractivity contribution >= 4 is 23.1 Å². The maximum Gasteiger partial charge on any atom is 0.261 e. The van der Waals surface area contributed by atoms with Crippen LogP contribution in [0, 0.1) is 13.8 Å². The van der Waals surface area contributed by atoms with Crippen LogP contribution in [0.4, 0.5) is 11.5 Å². The van der Waals surface area contributed by atoms with Crippen molar-refractivity contribution < 1.29 is 4.79 Å². The first kappa shape index (κ1) is 13.1. The fourth-order valence-electron chi connectivity index (χ4n) is 2.11. The number of fused-ring (bicyclic) bond motifs is 1. The number of nitrogen functional groups attached to an aromatic ring is 1. The number of nitrogens with zero attached hydrogens (tertiary/aromatic N) is 3. The van der Waals surface area contributed by atoms with Crippen LogP contribution in [0.3, 0.4) is 0 Å². The molecule has 3 rings (SSSR count). The zero-order valence-electron chi connectivity index (χ0n) is 11.8. The zero-order valence-corrected chi connectivity index (χ0v) is 11.8. The average molecular weight is 281 g/mol. The largest absolute Gasteiger partial charge is 0.384 e. The molecule has 3 aromatic rings. The fourth-order valence-corrected chi connectivity index (χ4v) is 2.11. The summed E-state index contributed by atoms with van der Waals surface area (Å²) in [4.78, 5) is 16.7. The van der Waals surface area contributed by atoms with E-state index in [9.17, 15) is 4.79 Å². The van der Waals surface area contributed by atoms with E-state index in [1.54, 1.807) is 6.07 Å². The number of benzene rings is 1. The maximum absolute atomic E-state index is 12.4. The highest BCUT2D eigenvalue weighted by atomic mass is 16.1. The van der Waals surface area contributed by atoms with E-state index in [4.69, 9.17) is 5.73 Å². The van der Waals surface area contributed by atoms with Crippen molar-refractivity contribution in [2.75, 3.05) is 11.1 Å². The first-order valence-electron chi connectivity index (χ1n) is 6.53. The molecule has 0 aliphatic heterocycles. The summed E-state index contributed by atoms with van der Waals surface area (Å²) in [6.07, 6.45) is 1.47. The van der Waals surface area contributed by atoms with Crippen LogP contribution in [-0.4, -0.2) is 20.5 Å². The normalized spacial score (nSPS) is 10.8. The summed E-state index contributed by atoms with van der Waals surface area (Å²) < 4.78 is 1.46. The Balaban J connectivity index is 1.96. The van der Waals surface area contributed by atoms with Crippen LogP contribution in [-0.2, 0) is 0 Å². The highest BCUT2D eigenvalue weighted by molar-refractivity contribution is 6.08. The van der Waals surface area contributed by atoms with Gasteiger partial charge >= 0.3 is 0 Å². The molecule has 6 heteroatoms. The van der Waals surface area contributed by atoms with Crippen LogP contribution in [0.15, 0.2) is 36.5 Å². The molecule has 0 unspecified atom stereocenters. The van der Waals surface area contributed by atoms with Gasteiger partial charge in [-0.15, -0.1) is 0 Å². The third-order valence-corrected chi connectivity index (χ3v) is 3.18. The number of carbonyl (C=O) groups excluding carboxylic acids is 1. The Morgan fingerprint density at radius 1 is 1.24 bits per heavy atom. The van der Waals surface area contributed by atoms with Crippen molar-refractivity contribution in [2.45, 2.75) is 13.8 Å². The Morgan fingerprint density at radius 3 is 2.67 bits per heavy atom. The molecular formula is C15H15N5O. The standard InChI is InChI=1S/C15H15N5O/c1-9-3-5-11(6-4-9)19-15(21)12-8-17-20-13(16)7-10(2)18-14(12)20/h3-8H,16H2,1-2H3,(H,19,21). The number of amides is 1. The zero-order chi connectivity index (χ0) is 15.0. The van der Waals surface area contributed by atoms with E-state index in [2.05, 4.69) is 15.4 Å². The monoisotopic (exact) mass is 281 g/mol. The molecule has 1 aromatic carbocycles. The summed E-state index contributed by atoms with van der Waals surface area (Å²) in [6.45, 7) is 3.82. The van der Waals surface area contributed by atoms with Crippen LogP contribution >= 0.6 is 0 Å². The van der Waals surface area contributed by atoms with Crippen molar-refractivity contribution in [2.24, 2.45) is 0 Å². The topological polar surface area (TPSA) is 85.3 Å². The van der Waals surface area contributed by atoms with Crippen LogP contribution in [0.25, 0.3) is 5.65 Å². The Bertz CT molecular complexity index is 820. The Hall–Kier alpha value is -2.89. The van der Waals surface area contributed by atoms with Gasteiger partial charge in [0.05, 0.1) is 6.20 Å². The van der Waals surface area contributed by atoms with Gasteiger partial charge in [-0.1, -0.05) is 17.7 Å². The molecule has 2 heterocycles. The Kier molecular flexibility index (Phi) is 3.06. The minimum atomic E-state index is -0.258. The van der Waals surface area contributed by atoms with Crippen LogP contribution in [0.1, 0.15) is 21.6 Å². The SMILES string of the molecule is Cc1ccc(NC(=O)c2cnn3c(N)cc(C)nc23)cc1. The van der Waals surface area contributed by atoms with Gasteiger partial charge in [-0.3, -0.25) is 4.79 Å². The van der Waals surface area contributed by atoms with Gasteiger partial charge in [0.1, 0.15) is 11.4 Å². The lowest BCUT2D eigenvalue weighted by Crippen LogP contribution is -2.12. The highest BCUT2D eigenvalue weighted by Crippen LogP contribution is 2.16. The third-order valence-electron chi connectivity index (χ3n) is 3.18. The van der Waals surface area contributed by atoms with E-state index in [1.165, 1.54) is 10.7 Å². The Labute approximate surface area is 121 Å². The molecule has 0 spiro atoms. The Morgan fingerprint density at radius 2 is 1.95 bits per heavy atom. The summed E-state index contributed by atoms with van der Waals surface area (Å²) in [5.41, 5.74) is 9.32. The van der Waals surface area contributed by atoms with Gasteiger partial charge in [-0.05, 0) is 26.0 Å². The predicted octanol–water partition coefficient (Wildman–Crippen LogP) is 2.18. The number of aryl methyl sites for hydroxylation is 2. The molecule has 0 radical (unpaired) electrons. The minimum Gasteiger partial charge on any atom is -0.384 e. The van der Waals surface area contributed by atoms with E-state index in [0.717, 1.165) is 16.9 Å². The number of rotatable bonds is 2. The minimum absolute atomic E-state index is 0.258. The van der Waals surface area contributed by atoms with Crippen LogP contribution in [0.2, 0.25) is 0 Å². The van der Waals surface area contributed by atoms with Crippen LogP contribution in [0.5, 0.6) is 0 Å². The van der Waals surface area contributed by atoms with Crippen LogP contribution < -0.4 is 11.1 Å². The van der Waals surface area contributed by atoms with E-state index < -0.39 is 0 Å². The summed E-state index contributed by atoms with van der Waals surface area (Å²) in [6, 6.07) is 9.29. The highest BCUT2D eigenvalue weighted by Gasteiger charge is 2.15. The lowest BCUT2D eigenvalue weighted by Gasteiger charge is -2.05. The number of carbonyl (C=O) groups is 1. The van der Waals surface area contributed by atoms with Crippen molar-refractivity contribution in [1.29, 1.82) is 0 Å². The number of nitrogens with two attached hydrogens (primary N) is 1. The second-order valence-electron chi connectivity index (χ2n) is 4.94. The van der Waals surface area contributed by atoms with Crippen molar-refractivity contribution in [3.63, 3.8) is 0 Å². The second-order valence-corrected chi connectivity index (χ2v) is 4.94. The summed E-state index contributed by atoms with van der Waals surface area (Å²) in [5, 5.41) is 6.93. The first-order chi connectivity index (χ1) is 10.0. The second kappa shape index (κ2) is 4.90. The number of hydrogen-bond acceptors (Lipinski definition) is 4. The molecule has 0 bridgehead atoms. The number of anilines is 2. The van der Waals surface area contributed by atoms with E-state index in [0.29, 0.717) is 17.0 Å². The smallest absolute Gasteiger partial charge is 0.261 e. The summed E-state index contributed by atoms with van der Waals surface area (Å²) >= 11 is 0. The van der Waals surface area contributed by atoms with Crippen molar-refractivity contribution in [3.8, 4) is 0 Å². The summed E-state index contributed by atoms with van der Waals surface area (Å²) in [7, 11) is 0. The van der Waals surface area contributed by atoms with Gasteiger partial charge in [0.15, 0.2) is 5.65 Å². The molecule has 1 amide bonds. The van der Waals surface area contributed by atoms with Gasteiger partial charge in [0.25, 0.3) is 5.91 Å². The van der Waals surface area contributed by atoms with Gasteiger partial charge in [-0.25, -0.2) is 4.98 Å². The van der Waals surface area contributed by atoms with Crippen molar-refractivity contribution in [1.82, 2.24) is 14.6 Å². The van der Waals surface area contributed by atoms with Crippen molar-refractivity contribution in [3.05, 3.63) is 53.3 Å². The lowest BCUT2D eigenvalue weighted by molar-refractivity contribution is 0.102. The first-order valence-corrected chi connectivity index (χ1v) is 6.53. The maximum atomic E-state index is 12.4. The van der Waals surface area contributed by atoms with E-state index in [1.807, 2.05) is 38.1 Å². The fraction of sp³-hybridized carbons (Fsp3) is 0.133. The van der Waals surface area contributed by atoms with E-state index >= 15 is 0 Å². The molecule has 0 saturated carbocycles. The molecule has 0 saturated heterocycles. The molecule has 0 atom stereocenters. The molecule has 106 valence electrons. The molecule has 6 nitrogen and oxygen atoms in total. The molecule has 21 heavy (non-hydrogen) atoms. The molecule has 3 N–H and O–H groups in total.